The first-order valence-electron chi connectivity index (χ1n) is 8.33. The summed E-state index contributed by atoms with van der Waals surface area (Å²) in [6, 6.07) is 6.90. The van der Waals surface area contributed by atoms with Crippen molar-refractivity contribution in [1.82, 2.24) is 5.32 Å². The van der Waals surface area contributed by atoms with Crippen LogP contribution in [0.4, 0.5) is 0 Å². The Hall–Kier alpha value is -2.24. The van der Waals surface area contributed by atoms with Gasteiger partial charge in [-0.15, -0.1) is 0 Å². The highest BCUT2D eigenvalue weighted by Gasteiger charge is 2.41. The monoisotopic (exact) mass is 335 g/mol. The van der Waals surface area contributed by atoms with Crippen LogP contribution in [0.3, 0.4) is 0 Å². The van der Waals surface area contributed by atoms with Gasteiger partial charge in [-0.3, -0.25) is 4.79 Å². The zero-order chi connectivity index (χ0) is 17.6. The van der Waals surface area contributed by atoms with Gasteiger partial charge < -0.3 is 19.9 Å². The molecule has 1 fully saturated rings. The minimum absolute atomic E-state index is 0.407. The van der Waals surface area contributed by atoms with Gasteiger partial charge in [0.05, 0.1) is 7.11 Å². The van der Waals surface area contributed by atoms with Crippen LogP contribution in [0.1, 0.15) is 45.4 Å². The van der Waals surface area contributed by atoms with Crippen molar-refractivity contribution >= 4 is 11.9 Å². The Balaban J connectivity index is 2.01. The maximum absolute atomic E-state index is 12.4. The number of aliphatic carboxylic acids is 1. The van der Waals surface area contributed by atoms with Crippen LogP contribution >= 0.6 is 0 Å². The van der Waals surface area contributed by atoms with Crippen LogP contribution < -0.4 is 14.8 Å². The summed E-state index contributed by atoms with van der Waals surface area (Å²) in [4.78, 5) is 24.2. The zero-order valence-electron chi connectivity index (χ0n) is 14.2. The number of carbonyl (C=O) groups is 2. The lowest BCUT2D eigenvalue weighted by Gasteiger charge is -2.30. The number of benzene rings is 1. The average Bonchev–Trinajstić information content (AvgIpc) is 2.82. The number of nitrogens with one attached hydrogen (secondary N) is 1. The molecule has 132 valence electrons. The molecule has 6 nitrogen and oxygen atoms in total. The molecule has 0 aliphatic heterocycles. The Kier molecular flexibility index (Phi) is 6.06. The average molecular weight is 335 g/mol. The molecule has 2 rings (SSSR count). The molecular weight excluding hydrogens is 310 g/mol. The third-order valence-corrected chi connectivity index (χ3v) is 4.47. The van der Waals surface area contributed by atoms with E-state index in [2.05, 4.69) is 5.32 Å². The number of carboxylic acids is 1. The summed E-state index contributed by atoms with van der Waals surface area (Å²) in [6.07, 6.45) is 3.76. The number of amides is 1. The molecule has 1 atom stereocenters. The van der Waals surface area contributed by atoms with E-state index in [0.717, 1.165) is 25.7 Å². The maximum atomic E-state index is 12.4. The zero-order valence-corrected chi connectivity index (χ0v) is 14.2. The van der Waals surface area contributed by atoms with Crippen molar-refractivity contribution in [2.24, 2.45) is 0 Å². The Bertz CT molecular complexity index is 561. The minimum Gasteiger partial charge on any atom is -0.497 e. The van der Waals surface area contributed by atoms with Crippen molar-refractivity contribution in [3.05, 3.63) is 24.3 Å². The van der Waals surface area contributed by atoms with Crippen molar-refractivity contribution in [2.75, 3.05) is 7.11 Å². The quantitative estimate of drug-likeness (QED) is 0.781. The summed E-state index contributed by atoms with van der Waals surface area (Å²) < 4.78 is 10.7. The smallest absolute Gasteiger partial charge is 0.329 e. The normalized spacial score (nSPS) is 18.1. The molecule has 0 saturated heterocycles. The second-order valence-corrected chi connectivity index (χ2v) is 6.23. The Labute approximate surface area is 142 Å². The predicted molar refractivity (Wildman–Crippen MR) is 89.3 cm³/mol. The Morgan fingerprint density at radius 2 is 1.62 bits per heavy atom. The molecule has 1 aliphatic rings. The van der Waals surface area contributed by atoms with Crippen LogP contribution in [0.5, 0.6) is 11.5 Å². The van der Waals surface area contributed by atoms with Crippen molar-refractivity contribution in [3.63, 3.8) is 0 Å². The fourth-order valence-corrected chi connectivity index (χ4v) is 2.97. The summed E-state index contributed by atoms with van der Waals surface area (Å²) in [6.45, 7) is 1.62. The van der Waals surface area contributed by atoms with E-state index in [9.17, 15) is 14.7 Å². The molecule has 24 heavy (non-hydrogen) atoms. The highest BCUT2D eigenvalue weighted by Crippen LogP contribution is 2.28. The molecule has 1 amide bonds. The van der Waals surface area contributed by atoms with Crippen molar-refractivity contribution in [1.29, 1.82) is 0 Å². The highest BCUT2D eigenvalue weighted by atomic mass is 16.5. The second kappa shape index (κ2) is 8.04. The van der Waals surface area contributed by atoms with Crippen LogP contribution in [0, 0.1) is 0 Å². The second-order valence-electron chi connectivity index (χ2n) is 6.23. The first kappa shape index (κ1) is 18.1. The van der Waals surface area contributed by atoms with Gasteiger partial charge >= 0.3 is 5.97 Å². The molecule has 0 aromatic heterocycles. The van der Waals surface area contributed by atoms with Gasteiger partial charge in [0, 0.05) is 0 Å². The van der Waals surface area contributed by atoms with Crippen LogP contribution in [-0.2, 0) is 9.59 Å². The van der Waals surface area contributed by atoms with Crippen molar-refractivity contribution in [2.45, 2.75) is 57.1 Å². The molecule has 1 unspecified atom stereocenters. The summed E-state index contributed by atoms with van der Waals surface area (Å²) in [7, 11) is 1.57. The third-order valence-electron chi connectivity index (χ3n) is 4.47. The molecule has 1 saturated carbocycles. The molecule has 1 aromatic rings. The van der Waals surface area contributed by atoms with E-state index in [1.807, 2.05) is 0 Å². The van der Waals surface area contributed by atoms with E-state index < -0.39 is 23.5 Å². The number of rotatable bonds is 6. The minimum atomic E-state index is -1.18. The van der Waals surface area contributed by atoms with Gasteiger partial charge in [-0.2, -0.15) is 0 Å². The van der Waals surface area contributed by atoms with Gasteiger partial charge in [0.1, 0.15) is 17.0 Å². The topological polar surface area (TPSA) is 84.9 Å². The first-order valence-corrected chi connectivity index (χ1v) is 8.33. The number of carbonyl (C=O) groups excluding carboxylic acids is 1. The van der Waals surface area contributed by atoms with Crippen LogP contribution in [0.15, 0.2) is 24.3 Å². The van der Waals surface area contributed by atoms with Gasteiger partial charge in [0.15, 0.2) is 6.10 Å². The number of hydrogen-bond donors (Lipinski definition) is 2. The lowest BCUT2D eigenvalue weighted by atomic mass is 9.90. The highest BCUT2D eigenvalue weighted by molar-refractivity contribution is 5.89. The molecule has 0 heterocycles. The summed E-state index contributed by atoms with van der Waals surface area (Å²) in [5.74, 6) is -0.143. The maximum Gasteiger partial charge on any atom is 0.329 e. The van der Waals surface area contributed by atoms with Gasteiger partial charge in [0.25, 0.3) is 5.91 Å². The summed E-state index contributed by atoms with van der Waals surface area (Å²) in [5.41, 5.74) is -1.18. The van der Waals surface area contributed by atoms with Gasteiger partial charge in [0.2, 0.25) is 0 Å². The molecule has 0 spiro atoms. The number of carboxylic acid groups (broad SMARTS) is 1. The van der Waals surface area contributed by atoms with Gasteiger partial charge in [-0.25, -0.2) is 4.79 Å². The summed E-state index contributed by atoms with van der Waals surface area (Å²) in [5, 5.41) is 12.3. The Morgan fingerprint density at radius 1 is 1.08 bits per heavy atom. The number of hydrogen-bond acceptors (Lipinski definition) is 4. The van der Waals surface area contributed by atoms with Crippen LogP contribution in [-0.4, -0.2) is 35.7 Å². The van der Waals surface area contributed by atoms with E-state index in [-0.39, 0.29) is 0 Å². The van der Waals surface area contributed by atoms with E-state index in [1.54, 1.807) is 38.3 Å². The number of methoxy groups -OCH3 is 1. The van der Waals surface area contributed by atoms with Crippen molar-refractivity contribution in [3.8, 4) is 11.5 Å². The van der Waals surface area contributed by atoms with E-state index in [1.165, 1.54) is 0 Å². The Morgan fingerprint density at radius 3 is 2.12 bits per heavy atom. The molecule has 6 heteroatoms. The van der Waals surface area contributed by atoms with Crippen LogP contribution in [0.25, 0.3) is 0 Å². The standard InChI is InChI=1S/C18H25NO5/c1-13(24-15-9-7-14(23-2)8-10-15)16(20)19-18(17(21)22)11-5-3-4-6-12-18/h7-10,13H,3-6,11-12H2,1-2H3,(H,19,20)(H,21,22). The molecule has 0 bridgehead atoms. The molecule has 2 N–H and O–H groups in total. The SMILES string of the molecule is COc1ccc(OC(C)C(=O)NC2(C(=O)O)CCCCCC2)cc1. The summed E-state index contributed by atoms with van der Waals surface area (Å²) >= 11 is 0. The van der Waals surface area contributed by atoms with E-state index >= 15 is 0 Å². The molecular formula is C18H25NO5. The fourth-order valence-electron chi connectivity index (χ4n) is 2.97. The van der Waals surface area contributed by atoms with Gasteiger partial charge in [-0.05, 0) is 44.0 Å². The lowest BCUT2D eigenvalue weighted by Crippen LogP contribution is -2.57. The number of ether oxygens (including phenoxy) is 2. The van der Waals surface area contributed by atoms with E-state index in [0.29, 0.717) is 24.3 Å². The molecule has 1 aromatic carbocycles. The largest absolute Gasteiger partial charge is 0.497 e. The third kappa shape index (κ3) is 4.40. The fraction of sp³-hybridized carbons (Fsp3) is 0.556. The van der Waals surface area contributed by atoms with E-state index in [4.69, 9.17) is 9.47 Å². The molecule has 0 radical (unpaired) electrons. The van der Waals surface area contributed by atoms with Crippen molar-refractivity contribution < 1.29 is 24.2 Å². The molecule has 1 aliphatic carbocycles. The lowest BCUT2D eigenvalue weighted by molar-refractivity contribution is -0.149. The van der Waals surface area contributed by atoms with Gasteiger partial charge in [-0.1, -0.05) is 25.7 Å². The first-order chi connectivity index (χ1) is 11.5. The van der Waals surface area contributed by atoms with Crippen LogP contribution in [0.2, 0.25) is 0 Å². The predicted octanol–water partition coefficient (Wildman–Crippen LogP) is 2.76.